The molecule has 2 heterocycles. The molecule has 0 saturated carbocycles. The number of benzene rings is 2. The topological polar surface area (TPSA) is 107 Å². The fraction of sp³-hybridized carbons (Fsp3) is 0.312. The summed E-state index contributed by atoms with van der Waals surface area (Å²) in [5.41, 5.74) is 3.32. The van der Waals surface area contributed by atoms with Crippen molar-refractivity contribution in [1.29, 1.82) is 0 Å². The highest BCUT2D eigenvalue weighted by Crippen LogP contribution is 2.32. The Kier molecular flexibility index (Phi) is 8.67. The van der Waals surface area contributed by atoms with Crippen molar-refractivity contribution in [1.82, 2.24) is 19.8 Å². The molecule has 2 aromatic heterocycles. The van der Waals surface area contributed by atoms with Gasteiger partial charge >= 0.3 is 0 Å². The number of rotatable bonds is 10. The van der Waals surface area contributed by atoms with E-state index >= 15 is 0 Å². The van der Waals surface area contributed by atoms with E-state index in [1.807, 2.05) is 52.0 Å². The van der Waals surface area contributed by atoms with Gasteiger partial charge in [-0.25, -0.2) is 9.97 Å². The molecule has 0 unspecified atom stereocenters. The van der Waals surface area contributed by atoms with Crippen LogP contribution in [-0.4, -0.2) is 68.0 Å². The standard InChI is InChI=1S/C32H36N4O4/c1-6-35(7-2)31(39)25-16-14-21-10-12-23(29(37)27(21)33-25)18-20(5)19-24-13-11-22-15-17-26(34-28(22)30(24)38)32(40)36(8-3)9-4/h10-17,37-38H,5-9,18-19H2,1-4H3. The van der Waals surface area contributed by atoms with Crippen LogP contribution in [0, 0.1) is 0 Å². The third-order valence-corrected chi connectivity index (χ3v) is 7.26. The summed E-state index contributed by atoms with van der Waals surface area (Å²) in [6.07, 6.45) is 0.701. The Morgan fingerprint density at radius 1 is 0.650 bits per heavy atom. The minimum atomic E-state index is -0.177. The maximum absolute atomic E-state index is 12.8. The molecule has 0 atom stereocenters. The minimum absolute atomic E-state index is 0.0109. The second kappa shape index (κ2) is 12.2. The zero-order valence-corrected chi connectivity index (χ0v) is 23.6. The van der Waals surface area contributed by atoms with E-state index in [1.54, 1.807) is 34.1 Å². The Morgan fingerprint density at radius 2 is 1.00 bits per heavy atom. The number of nitrogens with zero attached hydrogens (tertiary/aromatic N) is 4. The Morgan fingerprint density at radius 3 is 1.35 bits per heavy atom. The van der Waals surface area contributed by atoms with Gasteiger partial charge in [0.1, 0.15) is 33.9 Å². The molecule has 0 radical (unpaired) electrons. The normalized spacial score (nSPS) is 11.1. The fourth-order valence-electron chi connectivity index (χ4n) is 4.90. The maximum atomic E-state index is 12.8. The van der Waals surface area contributed by atoms with Gasteiger partial charge in [-0.15, -0.1) is 0 Å². The smallest absolute Gasteiger partial charge is 0.272 e. The van der Waals surface area contributed by atoms with Crippen LogP contribution in [0.4, 0.5) is 0 Å². The van der Waals surface area contributed by atoms with Crippen molar-refractivity contribution in [2.24, 2.45) is 0 Å². The third-order valence-electron chi connectivity index (χ3n) is 7.26. The number of amides is 2. The largest absolute Gasteiger partial charge is 0.505 e. The SMILES string of the molecule is C=C(Cc1ccc2ccc(C(=O)N(CC)CC)nc2c1O)Cc1ccc2ccc(C(=O)N(CC)CC)nc2c1O. The average molecular weight is 541 g/mol. The summed E-state index contributed by atoms with van der Waals surface area (Å²) in [5.74, 6) is -0.333. The summed E-state index contributed by atoms with van der Waals surface area (Å²) in [6.45, 7) is 14.1. The molecular formula is C32H36N4O4. The predicted molar refractivity (Wildman–Crippen MR) is 158 cm³/mol. The summed E-state index contributed by atoms with van der Waals surface area (Å²) < 4.78 is 0. The number of hydrogen-bond acceptors (Lipinski definition) is 6. The van der Waals surface area contributed by atoms with Gasteiger partial charge in [-0.3, -0.25) is 9.59 Å². The molecule has 2 amide bonds. The van der Waals surface area contributed by atoms with Crippen LogP contribution in [0.2, 0.25) is 0 Å². The lowest BCUT2D eigenvalue weighted by Gasteiger charge is -2.18. The van der Waals surface area contributed by atoms with Crippen LogP contribution in [0.1, 0.15) is 59.8 Å². The number of hydrogen-bond donors (Lipinski definition) is 2. The van der Waals surface area contributed by atoms with Crippen LogP contribution in [-0.2, 0) is 12.8 Å². The lowest BCUT2D eigenvalue weighted by atomic mass is 9.96. The van der Waals surface area contributed by atoms with E-state index in [0.29, 0.717) is 61.2 Å². The summed E-state index contributed by atoms with van der Waals surface area (Å²) in [7, 11) is 0. The first kappa shape index (κ1) is 28.5. The summed E-state index contributed by atoms with van der Waals surface area (Å²) >= 11 is 0. The van der Waals surface area contributed by atoms with E-state index in [4.69, 9.17) is 0 Å². The molecular weight excluding hydrogens is 504 g/mol. The Hall–Kier alpha value is -4.46. The number of aromatic nitrogens is 2. The van der Waals surface area contributed by atoms with Crippen LogP contribution in [0.3, 0.4) is 0 Å². The van der Waals surface area contributed by atoms with Crippen molar-refractivity contribution in [2.75, 3.05) is 26.2 Å². The average Bonchev–Trinajstić information content (AvgIpc) is 2.97. The van der Waals surface area contributed by atoms with Crippen molar-refractivity contribution in [3.8, 4) is 11.5 Å². The minimum Gasteiger partial charge on any atom is -0.505 e. The Bertz CT molecular complexity index is 1470. The van der Waals surface area contributed by atoms with Crippen LogP contribution in [0.15, 0.2) is 60.7 Å². The first-order valence-electron chi connectivity index (χ1n) is 13.7. The summed E-state index contributed by atoms with van der Waals surface area (Å²) in [4.78, 5) is 37.9. The number of carbonyl (C=O) groups is 2. The second-order valence-corrected chi connectivity index (χ2v) is 9.74. The molecule has 0 aliphatic carbocycles. The van der Waals surface area contributed by atoms with Crippen molar-refractivity contribution in [3.63, 3.8) is 0 Å². The highest BCUT2D eigenvalue weighted by molar-refractivity contribution is 5.97. The molecule has 2 aromatic carbocycles. The molecule has 8 heteroatoms. The first-order valence-corrected chi connectivity index (χ1v) is 13.7. The Labute approximate surface area is 234 Å². The summed E-state index contributed by atoms with van der Waals surface area (Å²) in [6, 6.07) is 14.3. The fourth-order valence-corrected chi connectivity index (χ4v) is 4.90. The van der Waals surface area contributed by atoms with Gasteiger partial charge in [0.2, 0.25) is 0 Å². The van der Waals surface area contributed by atoms with Gasteiger partial charge in [-0.1, -0.05) is 48.6 Å². The van der Waals surface area contributed by atoms with Crippen LogP contribution >= 0.6 is 0 Å². The monoisotopic (exact) mass is 540 g/mol. The molecule has 2 N–H and O–H groups in total. The lowest BCUT2D eigenvalue weighted by Crippen LogP contribution is -2.31. The zero-order valence-electron chi connectivity index (χ0n) is 23.6. The predicted octanol–water partition coefficient (Wildman–Crippen LogP) is 5.50. The van der Waals surface area contributed by atoms with Crippen LogP contribution < -0.4 is 0 Å². The van der Waals surface area contributed by atoms with Gasteiger partial charge in [0.25, 0.3) is 11.8 Å². The molecule has 8 nitrogen and oxygen atoms in total. The van der Waals surface area contributed by atoms with E-state index in [0.717, 1.165) is 16.3 Å². The van der Waals surface area contributed by atoms with E-state index in [-0.39, 0.29) is 34.7 Å². The molecule has 0 fully saturated rings. The van der Waals surface area contributed by atoms with Gasteiger partial charge in [0.15, 0.2) is 0 Å². The van der Waals surface area contributed by atoms with Gasteiger partial charge in [-0.05, 0) is 52.7 Å². The molecule has 0 aliphatic rings. The maximum Gasteiger partial charge on any atom is 0.272 e. The Balaban J connectivity index is 1.58. The number of fused-ring (bicyclic) bond motifs is 2. The van der Waals surface area contributed by atoms with Gasteiger partial charge in [0.05, 0.1) is 0 Å². The lowest BCUT2D eigenvalue weighted by molar-refractivity contribution is 0.0760. The van der Waals surface area contributed by atoms with Crippen molar-refractivity contribution in [3.05, 3.63) is 83.2 Å². The number of carbonyl (C=O) groups excluding carboxylic acids is 2. The van der Waals surface area contributed by atoms with Crippen LogP contribution in [0.25, 0.3) is 21.8 Å². The number of aromatic hydroxyl groups is 2. The molecule has 0 spiro atoms. The molecule has 4 rings (SSSR count). The molecule has 40 heavy (non-hydrogen) atoms. The van der Waals surface area contributed by atoms with Crippen molar-refractivity contribution < 1.29 is 19.8 Å². The number of allylic oxidation sites excluding steroid dienone is 1. The molecule has 0 bridgehead atoms. The highest BCUT2D eigenvalue weighted by Gasteiger charge is 2.19. The summed E-state index contributed by atoms with van der Waals surface area (Å²) in [5, 5.41) is 23.6. The second-order valence-electron chi connectivity index (χ2n) is 9.74. The molecule has 4 aromatic rings. The van der Waals surface area contributed by atoms with Crippen molar-refractivity contribution in [2.45, 2.75) is 40.5 Å². The zero-order chi connectivity index (χ0) is 29.0. The van der Waals surface area contributed by atoms with Crippen molar-refractivity contribution >= 4 is 33.6 Å². The van der Waals surface area contributed by atoms with Gasteiger partial charge in [-0.2, -0.15) is 0 Å². The number of phenols is 2. The van der Waals surface area contributed by atoms with E-state index in [2.05, 4.69) is 16.5 Å². The van der Waals surface area contributed by atoms with Gasteiger partial charge in [0, 0.05) is 48.1 Å². The number of pyridine rings is 2. The highest BCUT2D eigenvalue weighted by atomic mass is 16.3. The molecule has 208 valence electrons. The number of phenolic OH excluding ortho intramolecular Hbond substituents is 2. The first-order chi connectivity index (χ1) is 19.2. The van der Waals surface area contributed by atoms with E-state index in [9.17, 15) is 19.8 Å². The molecule has 0 saturated heterocycles. The van der Waals surface area contributed by atoms with Gasteiger partial charge < -0.3 is 20.0 Å². The molecule has 0 aliphatic heterocycles. The van der Waals surface area contributed by atoms with Crippen LogP contribution in [0.5, 0.6) is 11.5 Å². The quantitative estimate of drug-likeness (QED) is 0.257. The van der Waals surface area contributed by atoms with E-state index in [1.165, 1.54) is 0 Å². The van der Waals surface area contributed by atoms with E-state index < -0.39 is 0 Å². The third kappa shape index (κ3) is 5.61.